The Kier molecular flexibility index (Phi) is 3.08. The molecule has 0 bridgehead atoms. The minimum atomic E-state index is -0.444. The van der Waals surface area contributed by atoms with Crippen molar-refractivity contribution in [3.63, 3.8) is 0 Å². The summed E-state index contributed by atoms with van der Waals surface area (Å²) in [6.45, 7) is 0. The van der Waals surface area contributed by atoms with Crippen molar-refractivity contribution in [1.29, 1.82) is 0 Å². The number of hydrogen-bond donors (Lipinski definition) is 0. The summed E-state index contributed by atoms with van der Waals surface area (Å²) in [5.41, 5.74) is 9.86. The molecule has 0 heterocycles. The maximum Gasteiger partial charge on any atom is 0.329 e. The van der Waals surface area contributed by atoms with Gasteiger partial charge in [0.25, 0.3) is 0 Å². The molecule has 2 nitrogen and oxygen atoms in total. The van der Waals surface area contributed by atoms with E-state index in [1.807, 2.05) is 0 Å². The van der Waals surface area contributed by atoms with E-state index in [4.69, 9.17) is 5.53 Å². The van der Waals surface area contributed by atoms with Crippen LogP contribution in [-0.2, 0) is 0 Å². The summed E-state index contributed by atoms with van der Waals surface area (Å²) in [6, 6.07) is 11.2. The summed E-state index contributed by atoms with van der Waals surface area (Å²) in [4.78, 5) is 3.09. The summed E-state index contributed by atoms with van der Waals surface area (Å²) in [7, 11) is 0. The van der Waals surface area contributed by atoms with Gasteiger partial charge in [-0.05, 0) is 36.4 Å². The largest absolute Gasteiger partial charge is 0.361 e. The first-order chi connectivity index (χ1) is 8.20. The normalized spacial score (nSPS) is 9.76. The van der Waals surface area contributed by atoms with E-state index in [1.165, 1.54) is 36.4 Å². The molecule has 0 aliphatic carbocycles. The zero-order valence-corrected chi connectivity index (χ0v) is 8.77. The van der Waals surface area contributed by atoms with Gasteiger partial charge in [-0.2, -0.15) is 4.79 Å². The Morgan fingerprint density at radius 2 is 1.35 bits per heavy atom. The summed E-state index contributed by atoms with van der Waals surface area (Å²) < 4.78 is 26.1. The molecule has 0 unspecified atom stereocenters. The van der Waals surface area contributed by atoms with Crippen LogP contribution in [0.25, 0.3) is 5.53 Å². The van der Waals surface area contributed by atoms with Crippen molar-refractivity contribution in [3.05, 3.63) is 76.8 Å². The fourth-order valence-corrected chi connectivity index (χ4v) is 1.55. The van der Waals surface area contributed by atoms with Crippen molar-refractivity contribution in [1.82, 2.24) is 0 Å². The van der Waals surface area contributed by atoms with E-state index in [1.54, 1.807) is 12.1 Å². The third kappa shape index (κ3) is 2.44. The number of hydrogen-bond acceptors (Lipinski definition) is 0. The highest BCUT2D eigenvalue weighted by Crippen LogP contribution is 2.11. The molecule has 84 valence electrons. The SMILES string of the molecule is [N-]=[N+]=C(c1cccc(F)c1)c1cccc(F)c1. The van der Waals surface area contributed by atoms with Crippen molar-refractivity contribution in [2.24, 2.45) is 0 Å². The Balaban J connectivity index is 2.52. The number of benzene rings is 2. The first-order valence-electron chi connectivity index (χ1n) is 4.94. The smallest absolute Gasteiger partial charge is 0.329 e. The van der Waals surface area contributed by atoms with Gasteiger partial charge in [-0.3, -0.25) is 0 Å². The molecule has 0 aliphatic heterocycles. The highest BCUT2D eigenvalue weighted by atomic mass is 19.1. The molecule has 2 rings (SSSR count). The van der Waals surface area contributed by atoms with Gasteiger partial charge >= 0.3 is 5.71 Å². The molecule has 0 fully saturated rings. The molecular weight excluding hydrogens is 222 g/mol. The third-order valence-electron chi connectivity index (χ3n) is 2.30. The molecule has 0 aliphatic rings. The van der Waals surface area contributed by atoms with E-state index in [0.717, 1.165) is 0 Å². The van der Waals surface area contributed by atoms with E-state index < -0.39 is 11.6 Å². The molecule has 0 saturated heterocycles. The Hall–Kier alpha value is -2.32. The standard InChI is InChI=1S/C13H8F2N2/c14-11-5-1-3-9(7-11)13(17-16)10-4-2-6-12(15)8-10/h1-8H. The lowest BCUT2D eigenvalue weighted by Gasteiger charge is -1.98. The van der Waals surface area contributed by atoms with Crippen LogP contribution >= 0.6 is 0 Å². The van der Waals surface area contributed by atoms with Crippen LogP contribution in [0.1, 0.15) is 11.1 Å². The second-order valence-electron chi connectivity index (χ2n) is 3.47. The topological polar surface area (TPSA) is 36.4 Å². The van der Waals surface area contributed by atoms with Crippen LogP contribution in [0.5, 0.6) is 0 Å². The Bertz CT molecular complexity index is 554. The fraction of sp³-hybridized carbons (Fsp3) is 0. The Morgan fingerprint density at radius 1 is 0.882 bits per heavy atom. The fourth-order valence-electron chi connectivity index (χ4n) is 1.55. The van der Waals surface area contributed by atoms with Gasteiger partial charge in [-0.15, -0.1) is 0 Å². The van der Waals surface area contributed by atoms with Crippen molar-refractivity contribution in [2.75, 3.05) is 0 Å². The van der Waals surface area contributed by atoms with Gasteiger partial charge in [0.2, 0.25) is 0 Å². The predicted molar refractivity (Wildman–Crippen MR) is 59.6 cm³/mol. The Morgan fingerprint density at radius 3 is 1.71 bits per heavy atom. The molecule has 0 aromatic heterocycles. The van der Waals surface area contributed by atoms with Gasteiger partial charge < -0.3 is 5.53 Å². The maximum atomic E-state index is 13.0. The molecule has 4 heteroatoms. The summed E-state index contributed by atoms with van der Waals surface area (Å²) in [6.07, 6.45) is 0. The van der Waals surface area contributed by atoms with E-state index in [9.17, 15) is 8.78 Å². The van der Waals surface area contributed by atoms with Gasteiger partial charge in [-0.1, -0.05) is 12.1 Å². The average molecular weight is 230 g/mol. The molecule has 2 aromatic carbocycles. The van der Waals surface area contributed by atoms with Crippen LogP contribution in [0, 0.1) is 11.6 Å². The number of nitrogens with zero attached hydrogens (tertiary/aromatic N) is 2. The lowest BCUT2D eigenvalue weighted by atomic mass is 10.0. The first-order valence-corrected chi connectivity index (χ1v) is 4.94. The lowest BCUT2D eigenvalue weighted by molar-refractivity contribution is -0.00284. The summed E-state index contributed by atoms with van der Waals surface area (Å²) in [5.74, 6) is -0.889. The molecule has 0 N–H and O–H groups in total. The average Bonchev–Trinajstić information content (AvgIpc) is 2.30. The Labute approximate surface area is 96.8 Å². The molecule has 0 amide bonds. The van der Waals surface area contributed by atoms with Crippen LogP contribution in [0.2, 0.25) is 0 Å². The van der Waals surface area contributed by atoms with Crippen LogP contribution in [0.3, 0.4) is 0 Å². The van der Waals surface area contributed by atoms with Crippen LogP contribution in [-0.4, -0.2) is 10.5 Å². The van der Waals surface area contributed by atoms with Crippen molar-refractivity contribution in [2.45, 2.75) is 0 Å². The van der Waals surface area contributed by atoms with Gasteiger partial charge in [0.05, 0.1) is 11.1 Å². The molecule has 0 radical (unpaired) electrons. The zero-order chi connectivity index (χ0) is 12.3. The monoisotopic (exact) mass is 230 g/mol. The minimum absolute atomic E-state index is 0.129. The number of rotatable bonds is 2. The van der Waals surface area contributed by atoms with Crippen LogP contribution in [0.4, 0.5) is 8.78 Å². The number of halogens is 2. The first kappa shape index (κ1) is 11.2. The lowest BCUT2D eigenvalue weighted by Crippen LogP contribution is -2.05. The third-order valence-corrected chi connectivity index (χ3v) is 2.30. The summed E-state index contributed by atoms with van der Waals surface area (Å²) >= 11 is 0. The minimum Gasteiger partial charge on any atom is -0.361 e. The van der Waals surface area contributed by atoms with E-state index >= 15 is 0 Å². The highest BCUT2D eigenvalue weighted by molar-refractivity contribution is 6.09. The van der Waals surface area contributed by atoms with E-state index in [-0.39, 0.29) is 5.71 Å². The molecule has 0 atom stereocenters. The van der Waals surface area contributed by atoms with Gasteiger partial charge in [0, 0.05) is 0 Å². The van der Waals surface area contributed by atoms with Gasteiger partial charge in [0.15, 0.2) is 0 Å². The molecule has 0 spiro atoms. The quantitative estimate of drug-likeness (QED) is 0.432. The van der Waals surface area contributed by atoms with Crippen molar-refractivity contribution >= 4 is 5.71 Å². The molecule has 17 heavy (non-hydrogen) atoms. The highest BCUT2D eigenvalue weighted by Gasteiger charge is 2.16. The molecule has 0 saturated carbocycles. The van der Waals surface area contributed by atoms with Crippen molar-refractivity contribution in [3.8, 4) is 0 Å². The second-order valence-corrected chi connectivity index (χ2v) is 3.47. The van der Waals surface area contributed by atoms with E-state index in [0.29, 0.717) is 11.1 Å². The predicted octanol–water partition coefficient (Wildman–Crippen LogP) is 3.03. The zero-order valence-electron chi connectivity index (χ0n) is 8.77. The maximum absolute atomic E-state index is 13.0. The van der Waals surface area contributed by atoms with E-state index in [2.05, 4.69) is 4.79 Å². The molecular formula is C13H8F2N2. The second kappa shape index (κ2) is 4.68. The van der Waals surface area contributed by atoms with Gasteiger partial charge in [-0.25, -0.2) is 8.78 Å². The van der Waals surface area contributed by atoms with Crippen LogP contribution in [0.15, 0.2) is 48.5 Å². The van der Waals surface area contributed by atoms with Crippen molar-refractivity contribution < 1.29 is 13.6 Å². The van der Waals surface area contributed by atoms with Crippen LogP contribution < -0.4 is 0 Å². The van der Waals surface area contributed by atoms with Gasteiger partial charge in [0.1, 0.15) is 11.6 Å². The summed E-state index contributed by atoms with van der Waals surface area (Å²) in [5, 5.41) is 0. The molecule has 2 aromatic rings.